The highest BCUT2D eigenvalue weighted by atomic mass is 16.5. The number of nitrogens with zero attached hydrogens (tertiary/aromatic N) is 1. The third-order valence-corrected chi connectivity index (χ3v) is 3.56. The second-order valence-corrected chi connectivity index (χ2v) is 5.13. The Morgan fingerprint density at radius 1 is 1.04 bits per heavy atom. The van der Waals surface area contributed by atoms with Gasteiger partial charge in [-0.3, -0.25) is 4.99 Å². The Balaban J connectivity index is 2.35. The van der Waals surface area contributed by atoms with E-state index >= 15 is 0 Å². The molecule has 2 rings (SSSR count). The summed E-state index contributed by atoms with van der Waals surface area (Å²) in [5.74, 6) is 0.362. The molecule has 5 nitrogen and oxygen atoms in total. The van der Waals surface area contributed by atoms with Gasteiger partial charge in [0.1, 0.15) is 0 Å². The fourth-order valence-corrected chi connectivity index (χ4v) is 2.21. The standard InChI is InChI=1S/C18H19NO4/c1-11-8-16(22-3)17(23-4)9-14(11)10-19-15-6-5-13(18(20)21)7-12(15)2/h5-10H,1-4H3,(H,20,21). The zero-order valence-electron chi connectivity index (χ0n) is 13.6. The summed E-state index contributed by atoms with van der Waals surface area (Å²) in [4.78, 5) is 15.4. The summed E-state index contributed by atoms with van der Waals surface area (Å²) in [5.41, 5.74) is 3.70. The predicted octanol–water partition coefficient (Wildman–Crippen LogP) is 3.77. The number of carboxylic acids is 1. The third kappa shape index (κ3) is 3.69. The number of aryl methyl sites for hydroxylation is 2. The molecule has 0 aliphatic rings. The normalized spacial score (nSPS) is 10.8. The summed E-state index contributed by atoms with van der Waals surface area (Å²) in [6, 6.07) is 8.60. The molecule has 5 heteroatoms. The molecule has 0 heterocycles. The van der Waals surface area contributed by atoms with Crippen molar-refractivity contribution in [2.45, 2.75) is 13.8 Å². The quantitative estimate of drug-likeness (QED) is 0.853. The highest BCUT2D eigenvalue weighted by Gasteiger charge is 2.08. The highest BCUT2D eigenvalue weighted by molar-refractivity contribution is 5.89. The zero-order valence-corrected chi connectivity index (χ0v) is 13.6. The Morgan fingerprint density at radius 2 is 1.70 bits per heavy atom. The highest BCUT2D eigenvalue weighted by Crippen LogP contribution is 2.30. The van der Waals surface area contributed by atoms with Crippen LogP contribution in [-0.4, -0.2) is 31.5 Å². The smallest absolute Gasteiger partial charge is 0.335 e. The minimum atomic E-state index is -0.945. The average Bonchev–Trinajstić information content (AvgIpc) is 2.54. The molecule has 0 aliphatic carbocycles. The fourth-order valence-electron chi connectivity index (χ4n) is 2.21. The van der Waals surface area contributed by atoms with Gasteiger partial charge in [-0.25, -0.2) is 4.79 Å². The van der Waals surface area contributed by atoms with Crippen molar-refractivity contribution < 1.29 is 19.4 Å². The number of carboxylic acid groups (broad SMARTS) is 1. The van der Waals surface area contributed by atoms with Crippen LogP contribution < -0.4 is 9.47 Å². The van der Waals surface area contributed by atoms with E-state index in [1.807, 2.05) is 26.0 Å². The lowest BCUT2D eigenvalue weighted by molar-refractivity contribution is 0.0697. The van der Waals surface area contributed by atoms with Crippen molar-refractivity contribution in [3.8, 4) is 11.5 Å². The Hall–Kier alpha value is -2.82. The first-order valence-electron chi connectivity index (χ1n) is 7.07. The SMILES string of the molecule is COc1cc(C)c(C=Nc2ccc(C(=O)O)cc2C)cc1OC. The molecule has 0 saturated carbocycles. The van der Waals surface area contributed by atoms with Gasteiger partial charge in [0.2, 0.25) is 0 Å². The number of rotatable bonds is 5. The molecule has 0 aromatic heterocycles. The molecular formula is C18H19NO4. The van der Waals surface area contributed by atoms with Gasteiger partial charge in [-0.1, -0.05) is 0 Å². The van der Waals surface area contributed by atoms with Crippen molar-refractivity contribution in [1.82, 2.24) is 0 Å². The Kier molecular flexibility index (Phi) is 5.01. The zero-order chi connectivity index (χ0) is 17.0. The van der Waals surface area contributed by atoms with Crippen LogP contribution in [0.3, 0.4) is 0 Å². The summed E-state index contributed by atoms with van der Waals surface area (Å²) in [6.45, 7) is 3.80. The Bertz CT molecular complexity index is 766. The van der Waals surface area contributed by atoms with Crippen LogP contribution in [0.5, 0.6) is 11.5 Å². The van der Waals surface area contributed by atoms with Crippen molar-refractivity contribution in [2.75, 3.05) is 14.2 Å². The molecule has 120 valence electrons. The predicted molar refractivity (Wildman–Crippen MR) is 89.7 cm³/mol. The van der Waals surface area contributed by atoms with Gasteiger partial charge < -0.3 is 14.6 Å². The van der Waals surface area contributed by atoms with E-state index in [0.717, 1.165) is 22.4 Å². The van der Waals surface area contributed by atoms with E-state index in [1.54, 1.807) is 38.6 Å². The molecule has 0 fully saturated rings. The first-order valence-corrected chi connectivity index (χ1v) is 7.07. The van der Waals surface area contributed by atoms with Crippen LogP contribution in [0.4, 0.5) is 5.69 Å². The van der Waals surface area contributed by atoms with Crippen LogP contribution in [0, 0.1) is 13.8 Å². The number of carbonyl (C=O) groups is 1. The van der Waals surface area contributed by atoms with Crippen LogP contribution in [0.1, 0.15) is 27.0 Å². The van der Waals surface area contributed by atoms with Gasteiger partial charge in [0.15, 0.2) is 11.5 Å². The number of methoxy groups -OCH3 is 2. The lowest BCUT2D eigenvalue weighted by Crippen LogP contribution is -1.96. The monoisotopic (exact) mass is 313 g/mol. The molecule has 0 amide bonds. The summed E-state index contributed by atoms with van der Waals surface area (Å²) in [5, 5.41) is 8.99. The van der Waals surface area contributed by atoms with Crippen molar-refractivity contribution in [3.05, 3.63) is 52.6 Å². The van der Waals surface area contributed by atoms with Crippen molar-refractivity contribution in [1.29, 1.82) is 0 Å². The summed E-state index contributed by atoms with van der Waals surface area (Å²) >= 11 is 0. The van der Waals surface area contributed by atoms with E-state index in [1.165, 1.54) is 0 Å². The summed E-state index contributed by atoms with van der Waals surface area (Å²) in [6.07, 6.45) is 1.74. The number of hydrogen-bond donors (Lipinski definition) is 1. The second-order valence-electron chi connectivity index (χ2n) is 5.13. The minimum absolute atomic E-state index is 0.253. The molecule has 2 aromatic rings. The average molecular weight is 313 g/mol. The van der Waals surface area contributed by atoms with E-state index in [4.69, 9.17) is 14.6 Å². The van der Waals surface area contributed by atoms with Crippen LogP contribution in [0.15, 0.2) is 35.3 Å². The van der Waals surface area contributed by atoms with Crippen molar-refractivity contribution >= 4 is 17.9 Å². The van der Waals surface area contributed by atoms with Crippen LogP contribution in [0.25, 0.3) is 0 Å². The topological polar surface area (TPSA) is 68.1 Å². The molecule has 1 N–H and O–H groups in total. The second kappa shape index (κ2) is 6.96. The maximum absolute atomic E-state index is 11.0. The number of ether oxygens (including phenoxy) is 2. The third-order valence-electron chi connectivity index (χ3n) is 3.56. The molecule has 2 aromatic carbocycles. The van der Waals surface area contributed by atoms with Gasteiger partial charge in [0.25, 0.3) is 0 Å². The van der Waals surface area contributed by atoms with Gasteiger partial charge in [-0.15, -0.1) is 0 Å². The van der Waals surface area contributed by atoms with E-state index in [0.29, 0.717) is 11.5 Å². The van der Waals surface area contributed by atoms with Gasteiger partial charge in [0.05, 0.1) is 25.5 Å². The Morgan fingerprint density at radius 3 is 2.26 bits per heavy atom. The lowest BCUT2D eigenvalue weighted by atomic mass is 10.1. The van der Waals surface area contributed by atoms with E-state index < -0.39 is 5.97 Å². The molecule has 23 heavy (non-hydrogen) atoms. The summed E-state index contributed by atoms with van der Waals surface area (Å²) in [7, 11) is 3.18. The van der Waals surface area contributed by atoms with Crippen LogP contribution in [-0.2, 0) is 0 Å². The van der Waals surface area contributed by atoms with Gasteiger partial charge in [0, 0.05) is 6.21 Å². The molecule has 0 radical (unpaired) electrons. The minimum Gasteiger partial charge on any atom is -0.493 e. The molecule has 0 aliphatic heterocycles. The van der Waals surface area contributed by atoms with Crippen molar-refractivity contribution in [3.63, 3.8) is 0 Å². The first kappa shape index (κ1) is 16.5. The first-order chi connectivity index (χ1) is 11.0. The molecule has 0 spiro atoms. The van der Waals surface area contributed by atoms with E-state index in [9.17, 15) is 4.79 Å². The number of benzene rings is 2. The largest absolute Gasteiger partial charge is 0.493 e. The van der Waals surface area contributed by atoms with Crippen molar-refractivity contribution in [2.24, 2.45) is 4.99 Å². The molecule has 0 unspecified atom stereocenters. The van der Waals surface area contributed by atoms with Gasteiger partial charge >= 0.3 is 5.97 Å². The maximum Gasteiger partial charge on any atom is 0.335 e. The Labute approximate surface area is 135 Å². The lowest BCUT2D eigenvalue weighted by Gasteiger charge is -2.10. The number of aromatic carboxylic acids is 1. The van der Waals surface area contributed by atoms with Crippen LogP contribution >= 0.6 is 0 Å². The molecular weight excluding hydrogens is 294 g/mol. The van der Waals surface area contributed by atoms with Crippen LogP contribution in [0.2, 0.25) is 0 Å². The van der Waals surface area contributed by atoms with E-state index in [2.05, 4.69) is 4.99 Å². The molecule has 0 bridgehead atoms. The maximum atomic E-state index is 11.0. The molecule has 0 saturated heterocycles. The molecule has 0 atom stereocenters. The fraction of sp³-hybridized carbons (Fsp3) is 0.222. The number of aliphatic imine (C=N–C) groups is 1. The van der Waals surface area contributed by atoms with E-state index in [-0.39, 0.29) is 5.56 Å². The summed E-state index contributed by atoms with van der Waals surface area (Å²) < 4.78 is 10.6. The van der Waals surface area contributed by atoms with Gasteiger partial charge in [-0.05, 0) is 60.9 Å². The van der Waals surface area contributed by atoms with Gasteiger partial charge in [-0.2, -0.15) is 0 Å². The number of hydrogen-bond acceptors (Lipinski definition) is 4.